The summed E-state index contributed by atoms with van der Waals surface area (Å²) in [6.45, 7) is 4.81. The molecule has 2 rings (SSSR count). The molecule has 2 N–H and O–H groups in total. The zero-order chi connectivity index (χ0) is 16.8. The highest BCUT2D eigenvalue weighted by molar-refractivity contribution is 5.94. The number of piperidine rings is 1. The fourth-order valence-electron chi connectivity index (χ4n) is 2.72. The van der Waals surface area contributed by atoms with E-state index in [2.05, 4.69) is 17.1 Å². The normalized spacial score (nSPS) is 17.7. The zero-order valence-electron chi connectivity index (χ0n) is 13.7. The van der Waals surface area contributed by atoms with E-state index < -0.39 is 17.8 Å². The second-order valence-corrected chi connectivity index (χ2v) is 6.19. The molecule has 1 heterocycles. The van der Waals surface area contributed by atoms with Crippen LogP contribution in [-0.2, 0) is 0 Å². The van der Waals surface area contributed by atoms with Gasteiger partial charge in [0, 0.05) is 19.2 Å². The number of hydrogen-bond acceptors (Lipinski definition) is 4. The molecule has 1 atom stereocenters. The lowest BCUT2D eigenvalue weighted by Crippen LogP contribution is -2.43. The maximum absolute atomic E-state index is 13.8. The number of amides is 1. The number of aliphatic hydroxyl groups excluding tert-OH is 1. The van der Waals surface area contributed by atoms with Gasteiger partial charge in [-0.05, 0) is 44.0 Å². The Morgan fingerprint density at radius 3 is 2.78 bits per heavy atom. The molecule has 0 bridgehead atoms. The number of carbonyl (C=O) groups excluding carboxylic acids is 1. The number of aliphatic hydroxyl groups is 1. The molecule has 1 aromatic rings. The summed E-state index contributed by atoms with van der Waals surface area (Å²) in [7, 11) is 1.44. The van der Waals surface area contributed by atoms with Gasteiger partial charge < -0.3 is 20.1 Å². The van der Waals surface area contributed by atoms with E-state index in [1.54, 1.807) is 0 Å². The molecule has 5 nitrogen and oxygen atoms in total. The van der Waals surface area contributed by atoms with Gasteiger partial charge in [0.05, 0.1) is 18.8 Å². The van der Waals surface area contributed by atoms with Crippen LogP contribution in [0.2, 0.25) is 0 Å². The van der Waals surface area contributed by atoms with Crippen molar-refractivity contribution in [2.75, 3.05) is 33.3 Å². The average molecular weight is 324 g/mol. The van der Waals surface area contributed by atoms with Gasteiger partial charge >= 0.3 is 0 Å². The third-order valence-corrected chi connectivity index (χ3v) is 4.26. The highest BCUT2D eigenvalue weighted by Gasteiger charge is 2.19. The summed E-state index contributed by atoms with van der Waals surface area (Å²) in [5.41, 5.74) is -0.0511. The summed E-state index contributed by atoms with van der Waals surface area (Å²) in [4.78, 5) is 14.2. The number of nitrogens with zero attached hydrogens (tertiary/aromatic N) is 1. The number of β-amino-alcohol motifs (C(OH)–C–C–N with tert-alkyl or cyclic N) is 1. The van der Waals surface area contributed by atoms with Gasteiger partial charge in [0.2, 0.25) is 0 Å². The van der Waals surface area contributed by atoms with E-state index in [-0.39, 0.29) is 12.1 Å². The minimum atomic E-state index is -0.659. The molecular formula is C17H25FN2O3. The molecule has 0 spiro atoms. The standard InChI is InChI=1S/C17H25FN2O3/c1-12-5-7-20(8-6-12)11-13(21)10-19-17(22)15-4-3-14(23-2)9-16(15)18/h3-4,9,12-13,21H,5-8,10-11H2,1-2H3,(H,19,22). The van der Waals surface area contributed by atoms with Crippen LogP contribution in [0.4, 0.5) is 4.39 Å². The van der Waals surface area contributed by atoms with E-state index in [1.165, 1.54) is 25.3 Å². The van der Waals surface area contributed by atoms with Crippen molar-refractivity contribution in [1.29, 1.82) is 0 Å². The summed E-state index contributed by atoms with van der Waals surface area (Å²) in [6, 6.07) is 4.07. The van der Waals surface area contributed by atoms with Crippen LogP contribution < -0.4 is 10.1 Å². The molecule has 1 aromatic carbocycles. The number of likely N-dealkylation sites (tertiary alicyclic amines) is 1. The summed E-state index contributed by atoms with van der Waals surface area (Å²) in [5.74, 6) is -0.0719. The molecule has 0 aliphatic carbocycles. The molecule has 1 aliphatic heterocycles. The number of methoxy groups -OCH3 is 1. The van der Waals surface area contributed by atoms with Crippen LogP contribution in [0.3, 0.4) is 0 Å². The lowest BCUT2D eigenvalue weighted by atomic mass is 9.99. The average Bonchev–Trinajstić information content (AvgIpc) is 2.54. The smallest absolute Gasteiger partial charge is 0.254 e. The zero-order valence-corrected chi connectivity index (χ0v) is 13.7. The van der Waals surface area contributed by atoms with Crippen LogP contribution in [-0.4, -0.2) is 55.3 Å². The van der Waals surface area contributed by atoms with Crippen LogP contribution in [0.1, 0.15) is 30.1 Å². The Morgan fingerprint density at radius 1 is 1.48 bits per heavy atom. The SMILES string of the molecule is COc1ccc(C(=O)NCC(O)CN2CCC(C)CC2)c(F)c1. The van der Waals surface area contributed by atoms with Gasteiger partial charge in [0.1, 0.15) is 11.6 Å². The van der Waals surface area contributed by atoms with Gasteiger partial charge in [-0.3, -0.25) is 4.79 Å². The van der Waals surface area contributed by atoms with E-state index in [1.807, 2.05) is 0 Å². The maximum Gasteiger partial charge on any atom is 0.254 e. The summed E-state index contributed by atoms with van der Waals surface area (Å²) in [6.07, 6.45) is 1.61. The number of hydrogen-bond donors (Lipinski definition) is 2. The van der Waals surface area contributed by atoms with Gasteiger partial charge in [-0.25, -0.2) is 4.39 Å². The lowest BCUT2D eigenvalue weighted by Gasteiger charge is -2.31. The second kappa shape index (κ2) is 8.26. The van der Waals surface area contributed by atoms with Crippen molar-refractivity contribution in [3.8, 4) is 5.75 Å². The molecule has 23 heavy (non-hydrogen) atoms. The summed E-state index contributed by atoms with van der Waals surface area (Å²) in [5, 5.41) is 12.6. The monoisotopic (exact) mass is 324 g/mol. The van der Waals surface area contributed by atoms with E-state index >= 15 is 0 Å². The van der Waals surface area contributed by atoms with Gasteiger partial charge in [0.25, 0.3) is 5.91 Å². The highest BCUT2D eigenvalue weighted by atomic mass is 19.1. The quantitative estimate of drug-likeness (QED) is 0.835. The topological polar surface area (TPSA) is 61.8 Å². The van der Waals surface area contributed by atoms with Gasteiger partial charge in [-0.2, -0.15) is 0 Å². The van der Waals surface area contributed by atoms with Crippen LogP contribution in [0.25, 0.3) is 0 Å². The van der Waals surface area contributed by atoms with Crippen molar-refractivity contribution < 1.29 is 19.0 Å². The molecule has 1 unspecified atom stereocenters. The molecule has 1 saturated heterocycles. The Labute approximate surface area is 136 Å². The predicted molar refractivity (Wildman–Crippen MR) is 86.1 cm³/mol. The first-order valence-corrected chi connectivity index (χ1v) is 8.01. The van der Waals surface area contributed by atoms with E-state index in [4.69, 9.17) is 4.74 Å². The van der Waals surface area contributed by atoms with E-state index in [9.17, 15) is 14.3 Å². The highest BCUT2D eigenvalue weighted by Crippen LogP contribution is 2.17. The first kappa shape index (κ1) is 17.7. The number of carbonyl (C=O) groups is 1. The first-order chi connectivity index (χ1) is 11.0. The fraction of sp³-hybridized carbons (Fsp3) is 0.588. The number of ether oxygens (including phenoxy) is 1. The van der Waals surface area contributed by atoms with Crippen LogP contribution >= 0.6 is 0 Å². The minimum Gasteiger partial charge on any atom is -0.497 e. The van der Waals surface area contributed by atoms with Crippen molar-refractivity contribution in [1.82, 2.24) is 10.2 Å². The van der Waals surface area contributed by atoms with Crippen molar-refractivity contribution in [2.45, 2.75) is 25.9 Å². The van der Waals surface area contributed by atoms with Crippen molar-refractivity contribution in [2.24, 2.45) is 5.92 Å². The molecule has 6 heteroatoms. The third-order valence-electron chi connectivity index (χ3n) is 4.26. The van der Waals surface area contributed by atoms with Crippen molar-refractivity contribution >= 4 is 5.91 Å². The summed E-state index contributed by atoms with van der Waals surface area (Å²) >= 11 is 0. The molecular weight excluding hydrogens is 299 g/mol. The van der Waals surface area contributed by atoms with Crippen LogP contribution in [0.15, 0.2) is 18.2 Å². The van der Waals surface area contributed by atoms with Crippen molar-refractivity contribution in [3.05, 3.63) is 29.6 Å². The third kappa shape index (κ3) is 5.18. The molecule has 0 saturated carbocycles. The fourth-order valence-corrected chi connectivity index (χ4v) is 2.72. The Bertz CT molecular complexity index is 531. The Kier molecular flexibility index (Phi) is 6.36. The van der Waals surface area contributed by atoms with Gasteiger partial charge in [-0.15, -0.1) is 0 Å². The summed E-state index contributed by atoms with van der Waals surface area (Å²) < 4.78 is 18.7. The number of rotatable bonds is 6. The minimum absolute atomic E-state index is 0.0511. The Balaban J connectivity index is 1.79. The number of benzene rings is 1. The predicted octanol–water partition coefficient (Wildman–Crippen LogP) is 1.66. The molecule has 1 amide bonds. The maximum atomic E-state index is 13.8. The number of nitrogens with one attached hydrogen (secondary N) is 1. The molecule has 0 aromatic heterocycles. The molecule has 1 fully saturated rings. The van der Waals surface area contributed by atoms with Crippen LogP contribution in [0, 0.1) is 11.7 Å². The lowest BCUT2D eigenvalue weighted by molar-refractivity contribution is 0.0793. The second-order valence-electron chi connectivity index (χ2n) is 6.19. The number of halogens is 1. The van der Waals surface area contributed by atoms with E-state index in [0.717, 1.165) is 31.8 Å². The molecule has 0 radical (unpaired) electrons. The van der Waals surface area contributed by atoms with Gasteiger partial charge in [-0.1, -0.05) is 6.92 Å². The largest absolute Gasteiger partial charge is 0.497 e. The Morgan fingerprint density at radius 2 is 2.17 bits per heavy atom. The molecule has 1 aliphatic rings. The molecule has 128 valence electrons. The Hall–Kier alpha value is -1.66. The van der Waals surface area contributed by atoms with E-state index in [0.29, 0.717) is 12.3 Å². The van der Waals surface area contributed by atoms with Gasteiger partial charge in [0.15, 0.2) is 0 Å². The van der Waals surface area contributed by atoms with Crippen molar-refractivity contribution in [3.63, 3.8) is 0 Å². The van der Waals surface area contributed by atoms with Crippen LogP contribution in [0.5, 0.6) is 5.75 Å². The first-order valence-electron chi connectivity index (χ1n) is 8.01.